The van der Waals surface area contributed by atoms with E-state index in [4.69, 9.17) is 4.74 Å². The molecule has 1 aliphatic carbocycles. The topological polar surface area (TPSA) is 50.7 Å². The normalized spacial score (nSPS) is 15.1. The van der Waals surface area contributed by atoms with Crippen LogP contribution in [-0.4, -0.2) is 18.2 Å². The molecule has 0 bridgehead atoms. The van der Waals surface area contributed by atoms with E-state index in [1.807, 2.05) is 36.4 Å². The number of fused-ring (bicyclic) bond motifs is 1. The molecule has 0 heterocycles. The molecule has 0 radical (unpaired) electrons. The van der Waals surface area contributed by atoms with E-state index in [9.17, 15) is 4.79 Å². The monoisotopic (exact) mass is 336 g/mol. The zero-order chi connectivity index (χ0) is 17.6. The number of carbonyl (C=O) groups is 1. The number of benzene rings is 2. The zero-order valence-electron chi connectivity index (χ0n) is 14.8. The Morgan fingerprint density at radius 3 is 2.72 bits per heavy atom. The van der Waals surface area contributed by atoms with Crippen LogP contribution in [0.3, 0.4) is 0 Å². The first-order valence-electron chi connectivity index (χ1n) is 8.80. The third kappa shape index (κ3) is 4.27. The summed E-state index contributed by atoms with van der Waals surface area (Å²) in [5.41, 5.74) is 7.11. The third-order valence-electron chi connectivity index (χ3n) is 4.40. The number of para-hydroxylation sites is 1. The summed E-state index contributed by atoms with van der Waals surface area (Å²) in [5.74, 6) is 0.857. The molecule has 0 fully saturated rings. The standard InChI is InChI=1S/C21H24N2O2/c1-15(2)17-10-5-6-13-20(17)25-14-21(24)23-22-19-12-7-9-16-8-3-4-11-18(16)19/h3-6,8,10-11,13,15H,7,9,12,14H2,1-2H3,(H,23,24). The van der Waals surface area contributed by atoms with Crippen molar-refractivity contribution >= 4 is 11.6 Å². The second-order valence-electron chi connectivity index (χ2n) is 6.59. The average molecular weight is 336 g/mol. The molecule has 0 aliphatic heterocycles. The van der Waals surface area contributed by atoms with Gasteiger partial charge < -0.3 is 4.74 Å². The van der Waals surface area contributed by atoms with Crippen LogP contribution in [0.1, 0.15) is 49.3 Å². The molecule has 3 rings (SSSR count). The van der Waals surface area contributed by atoms with E-state index in [1.54, 1.807) is 0 Å². The number of ether oxygens (including phenoxy) is 1. The molecule has 0 saturated carbocycles. The Labute approximate surface area is 148 Å². The van der Waals surface area contributed by atoms with Crippen LogP contribution in [0.15, 0.2) is 53.6 Å². The van der Waals surface area contributed by atoms with E-state index in [0.29, 0.717) is 5.92 Å². The van der Waals surface area contributed by atoms with Crippen LogP contribution in [0.25, 0.3) is 0 Å². The Bertz CT molecular complexity index is 781. The van der Waals surface area contributed by atoms with Gasteiger partial charge in [0.15, 0.2) is 6.61 Å². The van der Waals surface area contributed by atoms with Gasteiger partial charge in [-0.1, -0.05) is 56.3 Å². The van der Waals surface area contributed by atoms with E-state index in [-0.39, 0.29) is 12.5 Å². The summed E-state index contributed by atoms with van der Waals surface area (Å²) in [6.45, 7) is 4.17. The van der Waals surface area contributed by atoms with Crippen LogP contribution in [0.4, 0.5) is 0 Å². The van der Waals surface area contributed by atoms with Crippen LogP contribution >= 0.6 is 0 Å². The summed E-state index contributed by atoms with van der Waals surface area (Å²) in [6, 6.07) is 16.1. The van der Waals surface area contributed by atoms with Gasteiger partial charge in [0, 0.05) is 5.56 Å². The molecular formula is C21H24N2O2. The van der Waals surface area contributed by atoms with E-state index >= 15 is 0 Å². The molecule has 4 heteroatoms. The van der Waals surface area contributed by atoms with Gasteiger partial charge in [-0.2, -0.15) is 5.10 Å². The number of hydrogen-bond donors (Lipinski definition) is 1. The predicted molar refractivity (Wildman–Crippen MR) is 100 cm³/mol. The van der Waals surface area contributed by atoms with E-state index in [1.165, 1.54) is 5.56 Å². The smallest absolute Gasteiger partial charge is 0.277 e. The maximum atomic E-state index is 12.1. The van der Waals surface area contributed by atoms with Gasteiger partial charge in [-0.15, -0.1) is 0 Å². The molecule has 0 atom stereocenters. The molecule has 1 N–H and O–H groups in total. The van der Waals surface area contributed by atoms with Crippen LogP contribution in [-0.2, 0) is 11.2 Å². The summed E-state index contributed by atoms with van der Waals surface area (Å²) in [7, 11) is 0. The number of amides is 1. The fourth-order valence-electron chi connectivity index (χ4n) is 3.11. The Morgan fingerprint density at radius 2 is 1.88 bits per heavy atom. The molecule has 2 aromatic carbocycles. The summed E-state index contributed by atoms with van der Waals surface area (Å²) in [6.07, 6.45) is 3.01. The lowest BCUT2D eigenvalue weighted by molar-refractivity contribution is -0.123. The summed E-state index contributed by atoms with van der Waals surface area (Å²) in [5, 5.41) is 4.33. The number of hydrogen-bond acceptors (Lipinski definition) is 3. The Balaban J connectivity index is 1.61. The van der Waals surface area contributed by atoms with Gasteiger partial charge in [0.1, 0.15) is 5.75 Å². The van der Waals surface area contributed by atoms with Gasteiger partial charge in [0.25, 0.3) is 5.91 Å². The highest BCUT2D eigenvalue weighted by Crippen LogP contribution is 2.25. The first-order chi connectivity index (χ1) is 12.1. The average Bonchev–Trinajstić information content (AvgIpc) is 2.64. The lowest BCUT2D eigenvalue weighted by Gasteiger charge is -2.17. The SMILES string of the molecule is CC(C)c1ccccc1OCC(=O)NN=C1CCCc2ccccc21. The van der Waals surface area contributed by atoms with Crippen molar-refractivity contribution < 1.29 is 9.53 Å². The molecule has 0 aromatic heterocycles. The van der Waals surface area contributed by atoms with Crippen molar-refractivity contribution in [1.29, 1.82) is 0 Å². The molecule has 130 valence electrons. The number of rotatable bonds is 5. The molecule has 1 amide bonds. The number of nitrogens with zero attached hydrogens (tertiary/aromatic N) is 1. The molecular weight excluding hydrogens is 312 g/mol. The molecule has 2 aromatic rings. The van der Waals surface area contributed by atoms with Gasteiger partial charge in [-0.05, 0) is 42.4 Å². The van der Waals surface area contributed by atoms with Crippen molar-refractivity contribution in [2.24, 2.45) is 5.10 Å². The minimum absolute atomic E-state index is 0.0395. The highest BCUT2D eigenvalue weighted by atomic mass is 16.5. The summed E-state index contributed by atoms with van der Waals surface area (Å²) < 4.78 is 5.69. The second kappa shape index (κ2) is 7.97. The van der Waals surface area contributed by atoms with Gasteiger partial charge in [-0.25, -0.2) is 5.43 Å². The van der Waals surface area contributed by atoms with Crippen LogP contribution in [0, 0.1) is 0 Å². The minimum Gasteiger partial charge on any atom is -0.483 e. The van der Waals surface area contributed by atoms with Gasteiger partial charge >= 0.3 is 0 Å². The van der Waals surface area contributed by atoms with Gasteiger partial charge in [-0.3, -0.25) is 4.79 Å². The second-order valence-corrected chi connectivity index (χ2v) is 6.59. The number of hydrazone groups is 1. The first kappa shape index (κ1) is 17.2. The third-order valence-corrected chi connectivity index (χ3v) is 4.40. The quantitative estimate of drug-likeness (QED) is 0.838. The molecule has 1 aliphatic rings. The van der Waals surface area contributed by atoms with Crippen LogP contribution in [0.5, 0.6) is 5.75 Å². The predicted octanol–water partition coefficient (Wildman–Crippen LogP) is 4.05. The zero-order valence-corrected chi connectivity index (χ0v) is 14.8. The van der Waals surface area contributed by atoms with E-state index in [0.717, 1.165) is 41.9 Å². The summed E-state index contributed by atoms with van der Waals surface area (Å²) in [4.78, 5) is 12.1. The first-order valence-corrected chi connectivity index (χ1v) is 8.80. The Hall–Kier alpha value is -2.62. The highest BCUT2D eigenvalue weighted by Gasteiger charge is 2.15. The summed E-state index contributed by atoms with van der Waals surface area (Å²) >= 11 is 0. The fourth-order valence-corrected chi connectivity index (χ4v) is 3.11. The molecule has 0 spiro atoms. The fraction of sp³-hybridized carbons (Fsp3) is 0.333. The van der Waals surface area contributed by atoms with Crippen molar-refractivity contribution in [2.45, 2.75) is 39.0 Å². The number of aryl methyl sites for hydroxylation is 1. The van der Waals surface area contributed by atoms with Gasteiger partial charge in [0.05, 0.1) is 5.71 Å². The molecule has 25 heavy (non-hydrogen) atoms. The molecule has 0 unspecified atom stereocenters. The molecule has 4 nitrogen and oxygen atoms in total. The van der Waals surface area contributed by atoms with Gasteiger partial charge in [0.2, 0.25) is 0 Å². The lowest BCUT2D eigenvalue weighted by atomic mass is 9.90. The largest absolute Gasteiger partial charge is 0.483 e. The van der Waals surface area contributed by atoms with Crippen molar-refractivity contribution in [1.82, 2.24) is 5.43 Å². The van der Waals surface area contributed by atoms with Crippen molar-refractivity contribution in [3.8, 4) is 5.75 Å². The Kier molecular flexibility index (Phi) is 5.49. The van der Waals surface area contributed by atoms with Crippen molar-refractivity contribution in [3.05, 3.63) is 65.2 Å². The number of carbonyl (C=O) groups excluding carboxylic acids is 1. The Morgan fingerprint density at radius 1 is 1.12 bits per heavy atom. The van der Waals surface area contributed by atoms with E-state index < -0.39 is 0 Å². The minimum atomic E-state index is -0.242. The van der Waals surface area contributed by atoms with Crippen LogP contribution < -0.4 is 10.2 Å². The maximum Gasteiger partial charge on any atom is 0.277 e. The molecule has 0 saturated heterocycles. The van der Waals surface area contributed by atoms with Crippen molar-refractivity contribution in [3.63, 3.8) is 0 Å². The highest BCUT2D eigenvalue weighted by molar-refractivity contribution is 6.03. The number of nitrogens with one attached hydrogen (secondary N) is 1. The lowest BCUT2D eigenvalue weighted by Crippen LogP contribution is -2.27. The van der Waals surface area contributed by atoms with Crippen molar-refractivity contribution in [2.75, 3.05) is 6.61 Å². The van der Waals surface area contributed by atoms with Crippen LogP contribution in [0.2, 0.25) is 0 Å². The van der Waals surface area contributed by atoms with E-state index in [2.05, 4.69) is 36.5 Å². The maximum absolute atomic E-state index is 12.1.